The van der Waals surface area contributed by atoms with Crippen LogP contribution < -0.4 is 0 Å². The second-order valence-electron chi connectivity index (χ2n) is 6.08. The van der Waals surface area contributed by atoms with Crippen molar-refractivity contribution < 1.29 is 14.0 Å². The summed E-state index contributed by atoms with van der Waals surface area (Å²) in [5.74, 6) is 0.871. The topological polar surface area (TPSA) is 47.3 Å². The van der Waals surface area contributed by atoms with Gasteiger partial charge in [-0.2, -0.15) is 0 Å². The van der Waals surface area contributed by atoms with Crippen LogP contribution in [0.25, 0.3) is 0 Å². The number of hydrogen-bond acceptors (Lipinski definition) is 3. The lowest BCUT2D eigenvalue weighted by molar-refractivity contribution is -0.125. The summed E-state index contributed by atoms with van der Waals surface area (Å²) in [7, 11) is 0. The number of carbonyl (C=O) groups excluding carboxylic acids is 2. The summed E-state index contributed by atoms with van der Waals surface area (Å²) in [6.07, 6.45) is 2.03. The summed E-state index contributed by atoms with van der Waals surface area (Å²) in [5.41, 5.74) is 0.643. The molecule has 0 radical (unpaired) electrons. The minimum absolute atomic E-state index is 0.0675. The van der Waals surface area contributed by atoms with Gasteiger partial charge in [-0.3, -0.25) is 9.59 Å². The average Bonchev–Trinajstić information content (AvgIpc) is 2.60. The second kappa shape index (κ2) is 4.38. The number of ketones is 2. The van der Waals surface area contributed by atoms with Crippen LogP contribution in [-0.2, 0) is 4.79 Å². The molecule has 3 nitrogen and oxygen atoms in total. The molecule has 0 bridgehead atoms. The van der Waals surface area contributed by atoms with Gasteiger partial charge in [0.15, 0.2) is 5.78 Å². The molecule has 1 fully saturated rings. The zero-order chi connectivity index (χ0) is 13.5. The zero-order valence-corrected chi connectivity index (χ0v) is 11.5. The van der Waals surface area contributed by atoms with Crippen molar-refractivity contribution in [3.63, 3.8) is 0 Å². The van der Waals surface area contributed by atoms with Gasteiger partial charge in [-0.05, 0) is 38.2 Å². The number of aryl methyl sites for hydroxylation is 2. The predicted molar refractivity (Wildman–Crippen MR) is 68.6 cm³/mol. The molecule has 3 heteroatoms. The van der Waals surface area contributed by atoms with Gasteiger partial charge >= 0.3 is 0 Å². The molecule has 0 spiro atoms. The Kier molecular flexibility index (Phi) is 3.18. The van der Waals surface area contributed by atoms with Crippen molar-refractivity contribution in [2.45, 2.75) is 47.0 Å². The van der Waals surface area contributed by atoms with Crippen molar-refractivity contribution in [2.24, 2.45) is 11.3 Å². The molecule has 0 N–H and O–H groups in total. The third-order valence-electron chi connectivity index (χ3n) is 3.82. The van der Waals surface area contributed by atoms with E-state index in [1.54, 1.807) is 13.0 Å². The number of rotatable bonds is 2. The largest absolute Gasteiger partial charge is 0.466 e. The molecule has 0 amide bonds. The van der Waals surface area contributed by atoms with Crippen molar-refractivity contribution >= 4 is 11.6 Å². The van der Waals surface area contributed by atoms with Crippen molar-refractivity contribution in [3.8, 4) is 0 Å². The van der Waals surface area contributed by atoms with E-state index in [-0.39, 0.29) is 17.0 Å². The number of furan rings is 1. The van der Waals surface area contributed by atoms with Gasteiger partial charge in [-0.1, -0.05) is 13.8 Å². The lowest BCUT2D eigenvalue weighted by atomic mass is 9.69. The Morgan fingerprint density at radius 2 is 2.06 bits per heavy atom. The molecule has 2 rings (SSSR count). The van der Waals surface area contributed by atoms with E-state index in [4.69, 9.17) is 4.42 Å². The molecule has 18 heavy (non-hydrogen) atoms. The molecule has 1 heterocycles. The fraction of sp³-hybridized carbons (Fsp3) is 0.600. The van der Waals surface area contributed by atoms with Gasteiger partial charge in [0.2, 0.25) is 0 Å². The molecule has 1 aliphatic carbocycles. The minimum atomic E-state index is -0.482. The third-order valence-corrected chi connectivity index (χ3v) is 3.82. The maximum atomic E-state index is 12.5. The predicted octanol–water partition coefficient (Wildman–Crippen LogP) is 3.47. The third kappa shape index (κ3) is 2.40. The van der Waals surface area contributed by atoms with Crippen molar-refractivity contribution in [1.29, 1.82) is 0 Å². The van der Waals surface area contributed by atoms with Crippen LogP contribution in [0, 0.1) is 25.2 Å². The van der Waals surface area contributed by atoms with E-state index in [0.29, 0.717) is 24.2 Å². The summed E-state index contributed by atoms with van der Waals surface area (Å²) >= 11 is 0. The number of hydrogen-bond donors (Lipinski definition) is 0. The SMILES string of the molecule is Cc1cc(C(=O)C2CC(C)(C)CCC2=O)c(C)o1. The Labute approximate surface area is 108 Å². The molecule has 1 aromatic rings. The van der Waals surface area contributed by atoms with Crippen LogP contribution in [0.15, 0.2) is 10.5 Å². The quantitative estimate of drug-likeness (QED) is 0.594. The molecule has 0 aliphatic heterocycles. The molecule has 1 atom stereocenters. The summed E-state index contributed by atoms with van der Waals surface area (Å²) in [4.78, 5) is 24.4. The van der Waals surface area contributed by atoms with Crippen LogP contribution in [0.5, 0.6) is 0 Å². The van der Waals surface area contributed by atoms with E-state index in [0.717, 1.165) is 12.2 Å². The van der Waals surface area contributed by atoms with Gasteiger partial charge in [0.1, 0.15) is 17.3 Å². The highest BCUT2D eigenvalue weighted by Crippen LogP contribution is 2.38. The molecule has 1 aliphatic rings. The van der Waals surface area contributed by atoms with Crippen molar-refractivity contribution in [2.75, 3.05) is 0 Å². The van der Waals surface area contributed by atoms with E-state index in [9.17, 15) is 9.59 Å². The van der Waals surface area contributed by atoms with Crippen LogP contribution in [0.3, 0.4) is 0 Å². The number of carbonyl (C=O) groups is 2. The Morgan fingerprint density at radius 3 is 2.61 bits per heavy atom. The first-order valence-corrected chi connectivity index (χ1v) is 6.44. The van der Waals surface area contributed by atoms with Crippen LogP contribution in [0.4, 0.5) is 0 Å². The van der Waals surface area contributed by atoms with Crippen LogP contribution >= 0.6 is 0 Å². The highest BCUT2D eigenvalue weighted by molar-refractivity contribution is 6.11. The molecular weight excluding hydrogens is 228 g/mol. The first kappa shape index (κ1) is 13.1. The minimum Gasteiger partial charge on any atom is -0.466 e. The molecule has 1 unspecified atom stereocenters. The lowest BCUT2D eigenvalue weighted by Gasteiger charge is -2.33. The Hall–Kier alpha value is -1.38. The fourth-order valence-corrected chi connectivity index (χ4v) is 2.71. The van der Waals surface area contributed by atoms with E-state index in [1.165, 1.54) is 0 Å². The summed E-state index contributed by atoms with van der Waals surface area (Å²) < 4.78 is 5.38. The maximum absolute atomic E-state index is 12.5. The Bertz CT molecular complexity index is 494. The summed E-state index contributed by atoms with van der Waals surface area (Å²) in [6.45, 7) is 7.83. The van der Waals surface area contributed by atoms with Crippen LogP contribution in [0.2, 0.25) is 0 Å². The molecule has 1 aromatic heterocycles. The summed E-state index contributed by atoms with van der Waals surface area (Å²) in [5, 5.41) is 0. The van der Waals surface area contributed by atoms with Crippen molar-refractivity contribution in [3.05, 3.63) is 23.2 Å². The highest BCUT2D eigenvalue weighted by Gasteiger charge is 2.38. The average molecular weight is 248 g/mol. The highest BCUT2D eigenvalue weighted by atomic mass is 16.3. The van der Waals surface area contributed by atoms with Gasteiger partial charge in [0, 0.05) is 6.42 Å². The lowest BCUT2D eigenvalue weighted by Crippen LogP contribution is -2.35. The zero-order valence-electron chi connectivity index (χ0n) is 11.5. The monoisotopic (exact) mass is 248 g/mol. The van der Waals surface area contributed by atoms with Gasteiger partial charge in [-0.25, -0.2) is 0 Å². The smallest absolute Gasteiger partial charge is 0.176 e. The molecule has 1 saturated carbocycles. The van der Waals surface area contributed by atoms with E-state index >= 15 is 0 Å². The first-order chi connectivity index (χ1) is 8.30. The Balaban J connectivity index is 2.27. The molecule has 0 saturated heterocycles. The molecule has 98 valence electrons. The van der Waals surface area contributed by atoms with E-state index < -0.39 is 5.92 Å². The standard InChI is InChI=1S/C15H20O3/c1-9-7-11(10(2)18-9)14(17)12-8-15(3,4)6-5-13(12)16/h7,12H,5-6,8H2,1-4H3. The van der Waals surface area contributed by atoms with Crippen LogP contribution in [0.1, 0.15) is 55.0 Å². The first-order valence-electron chi connectivity index (χ1n) is 6.44. The molecular formula is C15H20O3. The van der Waals surface area contributed by atoms with Gasteiger partial charge in [-0.15, -0.1) is 0 Å². The van der Waals surface area contributed by atoms with Crippen molar-refractivity contribution in [1.82, 2.24) is 0 Å². The van der Waals surface area contributed by atoms with Crippen LogP contribution in [-0.4, -0.2) is 11.6 Å². The molecule has 0 aromatic carbocycles. The van der Waals surface area contributed by atoms with E-state index in [1.807, 2.05) is 6.92 Å². The van der Waals surface area contributed by atoms with Gasteiger partial charge in [0.05, 0.1) is 11.5 Å². The number of Topliss-reactive ketones (excluding diaryl/α,β-unsaturated/α-hetero) is 2. The Morgan fingerprint density at radius 1 is 1.39 bits per heavy atom. The second-order valence-corrected chi connectivity index (χ2v) is 6.08. The van der Waals surface area contributed by atoms with E-state index in [2.05, 4.69) is 13.8 Å². The fourth-order valence-electron chi connectivity index (χ4n) is 2.71. The van der Waals surface area contributed by atoms with Gasteiger partial charge < -0.3 is 4.42 Å². The normalized spacial score (nSPS) is 23.1. The summed E-state index contributed by atoms with van der Waals surface area (Å²) in [6, 6.07) is 1.74. The van der Waals surface area contributed by atoms with Gasteiger partial charge in [0.25, 0.3) is 0 Å². The maximum Gasteiger partial charge on any atom is 0.176 e.